The van der Waals surface area contributed by atoms with Gasteiger partial charge in [-0.15, -0.1) is 0 Å². The molecule has 2 N–H and O–H groups in total. The van der Waals surface area contributed by atoms with Gasteiger partial charge in [0, 0.05) is 30.9 Å². The van der Waals surface area contributed by atoms with E-state index in [-0.39, 0.29) is 17.6 Å². The Bertz CT molecular complexity index is 729. The molecule has 24 heavy (non-hydrogen) atoms. The van der Waals surface area contributed by atoms with Crippen LogP contribution >= 0.6 is 0 Å². The monoisotopic (exact) mass is 327 g/mol. The first-order chi connectivity index (χ1) is 11.6. The van der Waals surface area contributed by atoms with Gasteiger partial charge in [0.05, 0.1) is 6.54 Å². The van der Waals surface area contributed by atoms with Crippen LogP contribution in [0, 0.1) is 5.82 Å². The number of nitrogens with zero attached hydrogens (tertiary/aromatic N) is 1. The summed E-state index contributed by atoms with van der Waals surface area (Å²) in [5.41, 5.74) is 2.36. The number of benzene rings is 2. The third-order valence-corrected chi connectivity index (χ3v) is 3.90. The highest BCUT2D eigenvalue weighted by atomic mass is 19.1. The maximum Gasteiger partial charge on any atom is 0.251 e. The minimum atomic E-state index is -0.367. The number of halogens is 1. The maximum atomic E-state index is 12.9. The van der Waals surface area contributed by atoms with Crippen LogP contribution in [0.2, 0.25) is 0 Å². The molecule has 5 nitrogen and oxygen atoms in total. The lowest BCUT2D eigenvalue weighted by Gasteiger charge is -2.28. The summed E-state index contributed by atoms with van der Waals surface area (Å²) in [5, 5.41) is 5.60. The van der Waals surface area contributed by atoms with Crippen LogP contribution in [-0.2, 0) is 11.3 Å². The van der Waals surface area contributed by atoms with Crippen LogP contribution in [0.3, 0.4) is 0 Å². The van der Waals surface area contributed by atoms with Gasteiger partial charge in [0.1, 0.15) is 5.82 Å². The van der Waals surface area contributed by atoms with Crippen molar-refractivity contribution in [2.24, 2.45) is 0 Å². The van der Waals surface area contributed by atoms with E-state index in [0.717, 1.165) is 17.8 Å². The van der Waals surface area contributed by atoms with Crippen molar-refractivity contribution in [1.29, 1.82) is 0 Å². The van der Waals surface area contributed by atoms with Gasteiger partial charge in [0.2, 0.25) is 5.91 Å². The highest BCUT2D eigenvalue weighted by Gasteiger charge is 2.16. The number of rotatable bonds is 4. The molecule has 0 bridgehead atoms. The summed E-state index contributed by atoms with van der Waals surface area (Å²) < 4.78 is 12.9. The topological polar surface area (TPSA) is 61.4 Å². The van der Waals surface area contributed by atoms with E-state index >= 15 is 0 Å². The standard InChI is InChI=1S/C18H18FN3O2/c19-15-5-3-14(4-6-15)18(24)21-11-13-1-7-16(8-2-13)22-10-9-20-17(23)12-22/h1-8H,9-12H2,(H,20,23)(H,21,24). The van der Waals surface area contributed by atoms with Crippen molar-refractivity contribution in [3.63, 3.8) is 0 Å². The normalized spacial score (nSPS) is 14.2. The van der Waals surface area contributed by atoms with Crippen LogP contribution in [-0.4, -0.2) is 31.4 Å². The molecule has 0 aromatic heterocycles. The highest BCUT2D eigenvalue weighted by Crippen LogP contribution is 2.16. The fourth-order valence-electron chi connectivity index (χ4n) is 2.57. The molecule has 0 aliphatic carbocycles. The molecule has 1 fully saturated rings. The number of nitrogens with one attached hydrogen (secondary N) is 2. The first-order valence-electron chi connectivity index (χ1n) is 7.76. The molecule has 124 valence electrons. The Hall–Kier alpha value is -2.89. The highest BCUT2D eigenvalue weighted by molar-refractivity contribution is 5.94. The molecule has 0 saturated carbocycles. The molecular formula is C18H18FN3O2. The van der Waals surface area contributed by atoms with E-state index in [1.165, 1.54) is 24.3 Å². The molecule has 1 aliphatic rings. The SMILES string of the molecule is O=C1CN(c2ccc(CNC(=O)c3ccc(F)cc3)cc2)CCN1. The van der Waals surface area contributed by atoms with Crippen LogP contribution in [0.1, 0.15) is 15.9 Å². The fraction of sp³-hybridized carbons (Fsp3) is 0.222. The van der Waals surface area contributed by atoms with E-state index < -0.39 is 0 Å². The summed E-state index contributed by atoms with van der Waals surface area (Å²) in [4.78, 5) is 25.4. The number of anilines is 1. The summed E-state index contributed by atoms with van der Waals surface area (Å²) >= 11 is 0. The third kappa shape index (κ3) is 3.90. The van der Waals surface area contributed by atoms with Crippen LogP contribution in [0.4, 0.5) is 10.1 Å². The molecule has 1 aliphatic heterocycles. The van der Waals surface area contributed by atoms with Gasteiger partial charge in [-0.25, -0.2) is 4.39 Å². The summed E-state index contributed by atoms with van der Waals surface area (Å²) in [6.07, 6.45) is 0. The van der Waals surface area contributed by atoms with Crippen LogP contribution in [0.25, 0.3) is 0 Å². The minimum Gasteiger partial charge on any atom is -0.360 e. The largest absolute Gasteiger partial charge is 0.360 e. The van der Waals surface area contributed by atoms with E-state index in [1.54, 1.807) is 0 Å². The van der Waals surface area contributed by atoms with Gasteiger partial charge < -0.3 is 15.5 Å². The van der Waals surface area contributed by atoms with Crippen molar-refractivity contribution in [2.75, 3.05) is 24.5 Å². The molecule has 0 atom stereocenters. The van der Waals surface area contributed by atoms with Gasteiger partial charge in [-0.05, 0) is 42.0 Å². The van der Waals surface area contributed by atoms with Gasteiger partial charge in [-0.1, -0.05) is 12.1 Å². The van der Waals surface area contributed by atoms with Gasteiger partial charge >= 0.3 is 0 Å². The molecule has 6 heteroatoms. The van der Waals surface area contributed by atoms with E-state index in [9.17, 15) is 14.0 Å². The lowest BCUT2D eigenvalue weighted by Crippen LogP contribution is -2.47. The average Bonchev–Trinajstić information content (AvgIpc) is 2.61. The molecule has 1 saturated heterocycles. The number of carbonyl (C=O) groups excluding carboxylic acids is 2. The van der Waals surface area contributed by atoms with Crippen molar-refractivity contribution in [2.45, 2.75) is 6.54 Å². The molecule has 0 radical (unpaired) electrons. The molecule has 0 unspecified atom stereocenters. The fourth-order valence-corrected chi connectivity index (χ4v) is 2.57. The smallest absolute Gasteiger partial charge is 0.251 e. The number of amides is 2. The Balaban J connectivity index is 1.57. The molecule has 3 rings (SSSR count). The number of carbonyl (C=O) groups is 2. The Labute approximate surface area is 139 Å². The van der Waals surface area contributed by atoms with Gasteiger partial charge in [-0.2, -0.15) is 0 Å². The molecule has 1 heterocycles. The summed E-state index contributed by atoms with van der Waals surface area (Å²) in [5.74, 6) is -0.586. The van der Waals surface area contributed by atoms with Crippen molar-refractivity contribution in [3.8, 4) is 0 Å². The van der Waals surface area contributed by atoms with Gasteiger partial charge in [-0.3, -0.25) is 9.59 Å². The zero-order valence-electron chi connectivity index (χ0n) is 13.1. The zero-order valence-corrected chi connectivity index (χ0v) is 13.1. The van der Waals surface area contributed by atoms with Crippen molar-refractivity contribution in [1.82, 2.24) is 10.6 Å². The van der Waals surface area contributed by atoms with E-state index in [2.05, 4.69) is 10.6 Å². The molecular weight excluding hydrogens is 309 g/mol. The van der Waals surface area contributed by atoms with E-state index in [1.807, 2.05) is 29.2 Å². The zero-order chi connectivity index (χ0) is 16.9. The first-order valence-corrected chi connectivity index (χ1v) is 7.76. The predicted molar refractivity (Wildman–Crippen MR) is 89.2 cm³/mol. The lowest BCUT2D eigenvalue weighted by atomic mass is 10.1. The predicted octanol–water partition coefficient (Wildman–Crippen LogP) is 1.69. The lowest BCUT2D eigenvalue weighted by molar-refractivity contribution is -0.120. The van der Waals surface area contributed by atoms with Gasteiger partial charge in [0.25, 0.3) is 5.91 Å². The molecule has 2 amide bonds. The molecule has 0 spiro atoms. The Morgan fingerprint density at radius 2 is 1.83 bits per heavy atom. The number of piperazine rings is 1. The van der Waals surface area contributed by atoms with Crippen molar-refractivity contribution >= 4 is 17.5 Å². The Kier molecular flexibility index (Phi) is 4.74. The van der Waals surface area contributed by atoms with Crippen LogP contribution in [0.5, 0.6) is 0 Å². The number of hydrogen-bond donors (Lipinski definition) is 2. The second kappa shape index (κ2) is 7.12. The minimum absolute atomic E-state index is 0.0249. The summed E-state index contributed by atoms with van der Waals surface area (Å²) in [6, 6.07) is 13.2. The van der Waals surface area contributed by atoms with Gasteiger partial charge in [0.15, 0.2) is 0 Å². The first kappa shape index (κ1) is 16.0. The van der Waals surface area contributed by atoms with E-state index in [0.29, 0.717) is 25.2 Å². The maximum absolute atomic E-state index is 12.9. The second-order valence-electron chi connectivity index (χ2n) is 5.63. The molecule has 2 aromatic carbocycles. The van der Waals surface area contributed by atoms with Crippen LogP contribution in [0.15, 0.2) is 48.5 Å². The van der Waals surface area contributed by atoms with Crippen LogP contribution < -0.4 is 15.5 Å². The third-order valence-electron chi connectivity index (χ3n) is 3.90. The summed E-state index contributed by atoms with van der Waals surface area (Å²) in [6.45, 7) is 2.18. The van der Waals surface area contributed by atoms with E-state index in [4.69, 9.17) is 0 Å². The average molecular weight is 327 g/mol. The quantitative estimate of drug-likeness (QED) is 0.898. The van der Waals surface area contributed by atoms with Crippen molar-refractivity contribution in [3.05, 3.63) is 65.5 Å². The summed E-state index contributed by atoms with van der Waals surface area (Å²) in [7, 11) is 0. The number of hydrogen-bond acceptors (Lipinski definition) is 3. The second-order valence-corrected chi connectivity index (χ2v) is 5.63. The Morgan fingerprint density at radius 3 is 2.50 bits per heavy atom. The van der Waals surface area contributed by atoms with Crippen molar-refractivity contribution < 1.29 is 14.0 Å². The molecule has 2 aromatic rings. The Morgan fingerprint density at radius 1 is 1.12 bits per heavy atom.